The van der Waals surface area contributed by atoms with Crippen molar-refractivity contribution in [3.8, 4) is 0 Å². The molecule has 6 heteroatoms. The van der Waals surface area contributed by atoms with Crippen molar-refractivity contribution < 1.29 is 4.79 Å². The van der Waals surface area contributed by atoms with Gasteiger partial charge < -0.3 is 4.90 Å². The molecular weight excluding hydrogens is 242 g/mol. The highest BCUT2D eigenvalue weighted by Crippen LogP contribution is 2.31. The predicted octanol–water partition coefficient (Wildman–Crippen LogP) is 1.11. The molecule has 0 spiro atoms. The van der Waals surface area contributed by atoms with Crippen molar-refractivity contribution >= 4 is 6.03 Å². The molecule has 0 aromatic carbocycles. The summed E-state index contributed by atoms with van der Waals surface area (Å²) in [4.78, 5) is 21.1. The summed E-state index contributed by atoms with van der Waals surface area (Å²) in [6, 6.07) is 1.20. The Morgan fingerprint density at radius 1 is 1.32 bits per heavy atom. The predicted molar refractivity (Wildman–Crippen MR) is 70.9 cm³/mol. The van der Waals surface area contributed by atoms with Gasteiger partial charge in [0.1, 0.15) is 12.2 Å². The third kappa shape index (κ3) is 2.14. The Balaban J connectivity index is 1.78. The third-order valence-corrected chi connectivity index (χ3v) is 4.26. The minimum atomic E-state index is -0.0171. The van der Waals surface area contributed by atoms with E-state index >= 15 is 0 Å². The van der Waals surface area contributed by atoms with E-state index in [9.17, 15) is 4.79 Å². The maximum atomic E-state index is 12.5. The SMILES string of the molecule is Cc1ncn(C(=O)N2C3CCC2CN(C(C)C)C3)n1. The van der Waals surface area contributed by atoms with Crippen LogP contribution >= 0.6 is 0 Å². The van der Waals surface area contributed by atoms with Crippen LogP contribution in [0.3, 0.4) is 0 Å². The van der Waals surface area contributed by atoms with Gasteiger partial charge in [0.15, 0.2) is 0 Å². The monoisotopic (exact) mass is 263 g/mol. The minimum Gasteiger partial charge on any atom is -0.314 e. The van der Waals surface area contributed by atoms with Crippen LogP contribution in [0, 0.1) is 6.92 Å². The second kappa shape index (κ2) is 4.59. The highest BCUT2D eigenvalue weighted by atomic mass is 16.2. The number of carbonyl (C=O) groups excluding carboxylic acids is 1. The van der Waals surface area contributed by atoms with Gasteiger partial charge in [-0.25, -0.2) is 9.78 Å². The van der Waals surface area contributed by atoms with Crippen LogP contribution in [0.4, 0.5) is 4.79 Å². The summed E-state index contributed by atoms with van der Waals surface area (Å²) in [6.45, 7) is 8.20. The van der Waals surface area contributed by atoms with E-state index in [0.717, 1.165) is 25.9 Å². The molecule has 1 aromatic heterocycles. The van der Waals surface area contributed by atoms with Crippen LogP contribution in [-0.2, 0) is 0 Å². The Morgan fingerprint density at radius 3 is 2.42 bits per heavy atom. The van der Waals surface area contributed by atoms with Crippen LogP contribution in [-0.4, -0.2) is 61.8 Å². The number of piperazine rings is 1. The number of nitrogens with zero attached hydrogens (tertiary/aromatic N) is 5. The molecule has 3 rings (SSSR count). The number of aryl methyl sites for hydroxylation is 1. The smallest absolute Gasteiger partial charge is 0.314 e. The topological polar surface area (TPSA) is 54.3 Å². The Bertz CT molecular complexity index is 469. The number of amides is 1. The fraction of sp³-hybridized carbons (Fsp3) is 0.769. The molecule has 3 heterocycles. The third-order valence-electron chi connectivity index (χ3n) is 4.26. The van der Waals surface area contributed by atoms with Crippen LogP contribution in [0.25, 0.3) is 0 Å². The second-order valence-corrected chi connectivity index (χ2v) is 5.86. The Morgan fingerprint density at radius 2 is 1.95 bits per heavy atom. The molecule has 2 fully saturated rings. The van der Waals surface area contributed by atoms with Gasteiger partial charge in [-0.2, -0.15) is 4.68 Å². The highest BCUT2D eigenvalue weighted by Gasteiger charge is 2.43. The van der Waals surface area contributed by atoms with Gasteiger partial charge in [0, 0.05) is 31.2 Å². The van der Waals surface area contributed by atoms with Crippen LogP contribution < -0.4 is 0 Å². The summed E-state index contributed by atoms with van der Waals surface area (Å²) in [6.07, 6.45) is 3.73. The Hall–Kier alpha value is -1.43. The van der Waals surface area contributed by atoms with Crippen molar-refractivity contribution in [2.75, 3.05) is 13.1 Å². The van der Waals surface area contributed by atoms with E-state index < -0.39 is 0 Å². The first kappa shape index (κ1) is 12.6. The quantitative estimate of drug-likeness (QED) is 0.761. The number of rotatable bonds is 1. The average Bonchev–Trinajstić information content (AvgIpc) is 2.90. The molecule has 1 amide bonds. The van der Waals surface area contributed by atoms with E-state index in [1.165, 1.54) is 11.0 Å². The number of carbonyl (C=O) groups is 1. The Kier molecular flexibility index (Phi) is 3.05. The lowest BCUT2D eigenvalue weighted by Crippen LogP contribution is -2.58. The van der Waals surface area contributed by atoms with Crippen molar-refractivity contribution in [3.63, 3.8) is 0 Å². The molecule has 0 N–H and O–H groups in total. The minimum absolute atomic E-state index is 0.0171. The molecule has 2 aliphatic rings. The fourth-order valence-corrected chi connectivity index (χ4v) is 3.23. The van der Waals surface area contributed by atoms with E-state index in [2.05, 4.69) is 28.8 Å². The van der Waals surface area contributed by atoms with Gasteiger partial charge in [-0.1, -0.05) is 0 Å². The summed E-state index contributed by atoms with van der Waals surface area (Å²) in [7, 11) is 0. The normalized spacial score (nSPS) is 27.3. The molecule has 0 radical (unpaired) electrons. The van der Waals surface area contributed by atoms with Crippen molar-refractivity contribution in [2.24, 2.45) is 0 Å². The molecule has 2 aliphatic heterocycles. The number of hydrogen-bond acceptors (Lipinski definition) is 4. The van der Waals surface area contributed by atoms with E-state index in [1.807, 2.05) is 4.90 Å². The first-order valence-corrected chi connectivity index (χ1v) is 7.01. The average molecular weight is 263 g/mol. The summed E-state index contributed by atoms with van der Waals surface area (Å²) >= 11 is 0. The van der Waals surface area contributed by atoms with E-state index in [4.69, 9.17) is 0 Å². The molecule has 2 bridgehead atoms. The zero-order valence-corrected chi connectivity index (χ0v) is 11.8. The first-order chi connectivity index (χ1) is 9.06. The lowest BCUT2D eigenvalue weighted by molar-refractivity contribution is 0.0699. The molecule has 6 nitrogen and oxygen atoms in total. The molecule has 1 aromatic rings. The lowest BCUT2D eigenvalue weighted by Gasteiger charge is -2.42. The zero-order valence-electron chi connectivity index (χ0n) is 11.8. The highest BCUT2D eigenvalue weighted by molar-refractivity contribution is 5.77. The largest absolute Gasteiger partial charge is 0.346 e. The molecule has 104 valence electrons. The fourth-order valence-electron chi connectivity index (χ4n) is 3.23. The van der Waals surface area contributed by atoms with Gasteiger partial charge in [-0.3, -0.25) is 4.90 Å². The zero-order chi connectivity index (χ0) is 13.6. The molecule has 0 aliphatic carbocycles. The standard InChI is InChI=1S/C13H21N5O/c1-9(2)16-6-11-4-5-12(7-16)18(11)13(19)17-8-14-10(3)15-17/h8-9,11-12H,4-7H2,1-3H3. The number of hydrogen-bond donors (Lipinski definition) is 0. The van der Waals surface area contributed by atoms with Gasteiger partial charge in [-0.05, 0) is 33.6 Å². The van der Waals surface area contributed by atoms with E-state index in [1.54, 1.807) is 6.92 Å². The van der Waals surface area contributed by atoms with E-state index in [-0.39, 0.29) is 6.03 Å². The molecule has 2 atom stereocenters. The van der Waals surface area contributed by atoms with Crippen LogP contribution in [0.2, 0.25) is 0 Å². The summed E-state index contributed by atoms with van der Waals surface area (Å²) < 4.78 is 1.38. The van der Waals surface area contributed by atoms with Crippen molar-refractivity contribution in [3.05, 3.63) is 12.2 Å². The first-order valence-electron chi connectivity index (χ1n) is 7.01. The number of fused-ring (bicyclic) bond motifs is 2. The van der Waals surface area contributed by atoms with Gasteiger partial charge in [0.2, 0.25) is 0 Å². The van der Waals surface area contributed by atoms with E-state index in [0.29, 0.717) is 23.9 Å². The van der Waals surface area contributed by atoms with Crippen molar-refractivity contribution in [1.82, 2.24) is 24.6 Å². The summed E-state index contributed by atoms with van der Waals surface area (Å²) in [5.74, 6) is 0.640. The summed E-state index contributed by atoms with van der Waals surface area (Å²) in [5, 5.41) is 4.14. The van der Waals surface area contributed by atoms with Crippen LogP contribution in [0.1, 0.15) is 32.5 Å². The van der Waals surface area contributed by atoms with Crippen LogP contribution in [0.5, 0.6) is 0 Å². The molecular formula is C13H21N5O. The molecule has 19 heavy (non-hydrogen) atoms. The molecule has 0 saturated carbocycles. The molecule has 2 unspecified atom stereocenters. The van der Waals surface area contributed by atoms with Crippen molar-refractivity contribution in [1.29, 1.82) is 0 Å². The van der Waals surface area contributed by atoms with Gasteiger partial charge in [0.25, 0.3) is 0 Å². The number of likely N-dealkylation sites (tertiary alicyclic amines) is 1. The second-order valence-electron chi connectivity index (χ2n) is 5.86. The lowest BCUT2D eigenvalue weighted by atomic mass is 10.1. The van der Waals surface area contributed by atoms with Gasteiger partial charge >= 0.3 is 6.03 Å². The van der Waals surface area contributed by atoms with Gasteiger partial charge in [-0.15, -0.1) is 5.10 Å². The summed E-state index contributed by atoms with van der Waals surface area (Å²) in [5.41, 5.74) is 0. The van der Waals surface area contributed by atoms with Crippen molar-refractivity contribution in [2.45, 2.75) is 51.7 Å². The maximum absolute atomic E-state index is 12.5. The maximum Gasteiger partial charge on any atom is 0.346 e. The number of aromatic nitrogens is 3. The van der Waals surface area contributed by atoms with Crippen LogP contribution in [0.15, 0.2) is 6.33 Å². The molecule has 2 saturated heterocycles. The Labute approximate surface area is 113 Å². The van der Waals surface area contributed by atoms with Gasteiger partial charge in [0.05, 0.1) is 0 Å².